The zero-order valence-electron chi connectivity index (χ0n) is 9.63. The summed E-state index contributed by atoms with van der Waals surface area (Å²) in [6.07, 6.45) is 3.74. The molecule has 0 fully saturated rings. The maximum absolute atomic E-state index is 12.1. The van der Waals surface area contributed by atoms with Crippen molar-refractivity contribution in [2.75, 3.05) is 6.54 Å². The highest BCUT2D eigenvalue weighted by Crippen LogP contribution is 2.17. The number of rotatable bonds is 2. The van der Waals surface area contributed by atoms with Crippen LogP contribution in [-0.2, 0) is 17.9 Å². The molecule has 1 atom stereocenters. The number of amides is 1. The topological polar surface area (TPSA) is 38.1 Å². The molecule has 1 aromatic heterocycles. The highest BCUT2D eigenvalue weighted by molar-refractivity contribution is 7.81. The quantitative estimate of drug-likeness (QED) is 0.787. The van der Waals surface area contributed by atoms with Gasteiger partial charge in [0, 0.05) is 25.5 Å². The fourth-order valence-electron chi connectivity index (χ4n) is 1.83. The van der Waals surface area contributed by atoms with Gasteiger partial charge in [0.1, 0.15) is 5.82 Å². The number of carbonyl (C=O) groups is 1. The van der Waals surface area contributed by atoms with Gasteiger partial charge in [-0.25, -0.2) is 4.98 Å². The number of aromatic nitrogens is 2. The largest absolute Gasteiger partial charge is 0.332 e. The molecule has 0 radical (unpaired) electrons. The van der Waals surface area contributed by atoms with Gasteiger partial charge < -0.3 is 9.47 Å². The van der Waals surface area contributed by atoms with Gasteiger partial charge in [-0.05, 0) is 5.92 Å². The molecular weight excluding hydrogens is 222 g/mol. The Bertz CT molecular complexity index is 388. The first kappa shape index (κ1) is 11.5. The van der Waals surface area contributed by atoms with Crippen molar-refractivity contribution in [1.29, 1.82) is 0 Å². The number of hydrogen-bond donors (Lipinski definition) is 1. The van der Waals surface area contributed by atoms with E-state index in [2.05, 4.69) is 22.2 Å². The second-order valence-electron chi connectivity index (χ2n) is 4.49. The van der Waals surface area contributed by atoms with Crippen LogP contribution in [-0.4, -0.2) is 32.2 Å². The SMILES string of the molecule is CC(C)C(S)C(=O)N1CCn2ccnc2C1. The average Bonchev–Trinajstić information content (AvgIpc) is 2.73. The number of fused-ring (bicyclic) bond motifs is 1. The summed E-state index contributed by atoms with van der Waals surface area (Å²) in [4.78, 5) is 18.2. The molecule has 5 heteroatoms. The molecule has 16 heavy (non-hydrogen) atoms. The summed E-state index contributed by atoms with van der Waals surface area (Å²) in [6.45, 7) is 6.22. The van der Waals surface area contributed by atoms with Gasteiger partial charge >= 0.3 is 0 Å². The molecule has 88 valence electrons. The van der Waals surface area contributed by atoms with E-state index in [1.54, 1.807) is 6.20 Å². The van der Waals surface area contributed by atoms with E-state index < -0.39 is 0 Å². The van der Waals surface area contributed by atoms with Gasteiger partial charge in [0.2, 0.25) is 5.91 Å². The van der Waals surface area contributed by atoms with Crippen molar-refractivity contribution in [1.82, 2.24) is 14.5 Å². The van der Waals surface area contributed by atoms with Crippen LogP contribution in [0.25, 0.3) is 0 Å². The molecule has 0 aliphatic carbocycles. The number of thiol groups is 1. The lowest BCUT2D eigenvalue weighted by Crippen LogP contribution is -2.43. The van der Waals surface area contributed by atoms with Crippen LogP contribution in [0.1, 0.15) is 19.7 Å². The molecule has 1 aliphatic rings. The van der Waals surface area contributed by atoms with E-state index in [1.165, 1.54) is 0 Å². The van der Waals surface area contributed by atoms with Crippen molar-refractivity contribution in [3.05, 3.63) is 18.2 Å². The van der Waals surface area contributed by atoms with Gasteiger partial charge in [0.25, 0.3) is 0 Å². The summed E-state index contributed by atoms with van der Waals surface area (Å²) < 4.78 is 2.09. The third kappa shape index (κ3) is 2.09. The number of hydrogen-bond acceptors (Lipinski definition) is 3. The molecule has 1 unspecified atom stereocenters. The van der Waals surface area contributed by atoms with Crippen molar-refractivity contribution in [2.45, 2.75) is 32.2 Å². The molecule has 1 amide bonds. The van der Waals surface area contributed by atoms with Crippen LogP contribution < -0.4 is 0 Å². The van der Waals surface area contributed by atoms with E-state index in [-0.39, 0.29) is 17.1 Å². The molecule has 0 spiro atoms. The van der Waals surface area contributed by atoms with Crippen molar-refractivity contribution in [3.63, 3.8) is 0 Å². The summed E-state index contributed by atoms with van der Waals surface area (Å²) in [5.74, 6) is 1.34. The number of carbonyl (C=O) groups excluding carboxylic acids is 1. The Hall–Kier alpha value is -0.970. The molecule has 2 heterocycles. The summed E-state index contributed by atoms with van der Waals surface area (Å²) in [5, 5.41) is -0.207. The predicted octanol–water partition coefficient (Wildman–Crippen LogP) is 1.18. The Morgan fingerprint density at radius 1 is 1.50 bits per heavy atom. The Morgan fingerprint density at radius 2 is 2.25 bits per heavy atom. The van der Waals surface area contributed by atoms with Crippen LogP contribution >= 0.6 is 12.6 Å². The van der Waals surface area contributed by atoms with Crippen molar-refractivity contribution >= 4 is 18.5 Å². The van der Waals surface area contributed by atoms with Crippen molar-refractivity contribution in [2.24, 2.45) is 5.92 Å². The van der Waals surface area contributed by atoms with Crippen molar-refractivity contribution in [3.8, 4) is 0 Å². The van der Waals surface area contributed by atoms with Crippen LogP contribution in [0, 0.1) is 5.92 Å². The van der Waals surface area contributed by atoms with Crippen molar-refractivity contribution < 1.29 is 4.79 Å². The molecule has 1 aliphatic heterocycles. The van der Waals surface area contributed by atoms with Gasteiger partial charge in [0.05, 0.1) is 11.8 Å². The minimum Gasteiger partial charge on any atom is -0.332 e. The Balaban J connectivity index is 2.06. The normalized spacial score (nSPS) is 17.4. The van der Waals surface area contributed by atoms with Crippen LogP contribution in [0.15, 0.2) is 12.4 Å². The highest BCUT2D eigenvalue weighted by atomic mass is 32.1. The Morgan fingerprint density at radius 3 is 2.94 bits per heavy atom. The Kier molecular flexibility index (Phi) is 3.23. The van der Waals surface area contributed by atoms with Gasteiger partial charge in [-0.15, -0.1) is 0 Å². The molecule has 0 bridgehead atoms. The van der Waals surface area contributed by atoms with E-state index >= 15 is 0 Å². The van der Waals surface area contributed by atoms with Crippen LogP contribution in [0.5, 0.6) is 0 Å². The van der Waals surface area contributed by atoms with E-state index in [0.29, 0.717) is 6.54 Å². The average molecular weight is 239 g/mol. The Labute approximate surface area is 101 Å². The smallest absolute Gasteiger partial charge is 0.236 e. The summed E-state index contributed by atoms with van der Waals surface area (Å²) in [5.41, 5.74) is 0. The van der Waals surface area contributed by atoms with Gasteiger partial charge in [0.15, 0.2) is 0 Å². The molecule has 0 saturated carbocycles. The predicted molar refractivity (Wildman–Crippen MR) is 65.3 cm³/mol. The minimum absolute atomic E-state index is 0.118. The third-order valence-corrected chi connectivity index (χ3v) is 3.76. The maximum Gasteiger partial charge on any atom is 0.236 e. The lowest BCUT2D eigenvalue weighted by Gasteiger charge is -2.30. The van der Waals surface area contributed by atoms with Gasteiger partial charge in [-0.1, -0.05) is 13.8 Å². The first-order valence-electron chi connectivity index (χ1n) is 5.56. The molecule has 4 nitrogen and oxygen atoms in total. The summed E-state index contributed by atoms with van der Waals surface area (Å²) >= 11 is 4.37. The number of imidazole rings is 1. The molecule has 0 saturated heterocycles. The second kappa shape index (κ2) is 4.49. The van der Waals surface area contributed by atoms with E-state index in [0.717, 1.165) is 18.9 Å². The fourth-order valence-corrected chi connectivity index (χ4v) is 2.00. The zero-order chi connectivity index (χ0) is 11.7. The van der Waals surface area contributed by atoms with E-state index in [9.17, 15) is 4.79 Å². The highest BCUT2D eigenvalue weighted by Gasteiger charge is 2.27. The molecule has 1 aromatic rings. The zero-order valence-corrected chi connectivity index (χ0v) is 10.5. The summed E-state index contributed by atoms with van der Waals surface area (Å²) in [7, 11) is 0. The summed E-state index contributed by atoms with van der Waals surface area (Å²) in [6, 6.07) is 0. The van der Waals surface area contributed by atoms with Gasteiger partial charge in [-0.3, -0.25) is 4.79 Å². The molecule has 0 aromatic carbocycles. The van der Waals surface area contributed by atoms with E-state index in [1.807, 2.05) is 24.9 Å². The van der Waals surface area contributed by atoms with Crippen LogP contribution in [0.2, 0.25) is 0 Å². The monoisotopic (exact) mass is 239 g/mol. The fraction of sp³-hybridized carbons (Fsp3) is 0.636. The maximum atomic E-state index is 12.1. The van der Waals surface area contributed by atoms with Crippen LogP contribution in [0.3, 0.4) is 0 Å². The molecule has 0 N–H and O–H groups in total. The first-order chi connectivity index (χ1) is 7.59. The number of nitrogens with zero attached hydrogens (tertiary/aromatic N) is 3. The lowest BCUT2D eigenvalue weighted by molar-refractivity contribution is -0.132. The van der Waals surface area contributed by atoms with Crippen LogP contribution in [0.4, 0.5) is 0 Å². The second-order valence-corrected chi connectivity index (χ2v) is 5.04. The molecular formula is C11H17N3OS. The molecule has 2 rings (SSSR count). The van der Waals surface area contributed by atoms with Gasteiger partial charge in [-0.2, -0.15) is 12.6 Å². The first-order valence-corrected chi connectivity index (χ1v) is 6.08. The van der Waals surface area contributed by atoms with E-state index in [4.69, 9.17) is 0 Å². The lowest BCUT2D eigenvalue weighted by atomic mass is 10.1. The minimum atomic E-state index is -0.207. The standard InChI is InChI=1S/C11H17N3OS/c1-8(2)10(16)11(15)14-6-5-13-4-3-12-9(13)7-14/h3-4,8,10,16H,5-7H2,1-2H3. The third-order valence-electron chi connectivity index (χ3n) is 2.94.